The number of hydrogen-bond donors (Lipinski definition) is 0. The SMILES string of the molecule is CC(C)(C)c1ccc(-c2nc(-c3ccccc3)nc(-c3cccc(-n4c5ccccc5c5ccc(-c6ccc7c(c6)sc6ccccc67)cc54)n3)n2)cc1.CC(C)(C)c1ccc(-c2nc(-c3ccccc3)nc(-c3ccnc(-n4c5ccccc5c5ccc(-c6ccc7c(c6)sc6ccccc67)cc54)c3)n2)cc1. The lowest BCUT2D eigenvalue weighted by atomic mass is 9.86. The zero-order valence-corrected chi connectivity index (χ0v) is 61.9. The molecule has 20 rings (SSSR count). The second-order valence-corrected chi connectivity index (χ2v) is 31.7. The molecule has 516 valence electrons. The molecular formula is C96H70N10S2. The Kier molecular flexibility index (Phi) is 16.2. The molecule has 12 heteroatoms. The minimum absolute atomic E-state index is 0.0444. The van der Waals surface area contributed by atoms with Gasteiger partial charge in [-0.15, -0.1) is 22.7 Å². The summed E-state index contributed by atoms with van der Waals surface area (Å²) in [4.78, 5) is 40.3. The van der Waals surface area contributed by atoms with Crippen LogP contribution in [0.4, 0.5) is 0 Å². The van der Waals surface area contributed by atoms with Crippen molar-refractivity contribution >= 4 is 107 Å². The van der Waals surface area contributed by atoms with Crippen molar-refractivity contribution in [1.29, 1.82) is 0 Å². The van der Waals surface area contributed by atoms with Gasteiger partial charge >= 0.3 is 0 Å². The van der Waals surface area contributed by atoms with Gasteiger partial charge in [0.1, 0.15) is 17.3 Å². The van der Waals surface area contributed by atoms with E-state index in [1.807, 2.05) is 108 Å². The molecule has 12 aromatic carbocycles. The van der Waals surface area contributed by atoms with Crippen LogP contribution >= 0.6 is 22.7 Å². The third-order valence-corrected chi connectivity index (χ3v) is 22.8. The Morgan fingerprint density at radius 1 is 0.231 bits per heavy atom. The zero-order valence-electron chi connectivity index (χ0n) is 60.3. The Morgan fingerprint density at radius 3 is 1.05 bits per heavy atom. The van der Waals surface area contributed by atoms with Gasteiger partial charge in [-0.25, -0.2) is 39.9 Å². The average molecular weight is 1430 g/mol. The molecule has 0 aliphatic heterocycles. The molecule has 0 amide bonds. The van der Waals surface area contributed by atoms with Crippen molar-refractivity contribution in [3.63, 3.8) is 0 Å². The van der Waals surface area contributed by atoms with E-state index in [1.54, 1.807) is 0 Å². The molecule has 8 heterocycles. The second kappa shape index (κ2) is 26.5. The van der Waals surface area contributed by atoms with Crippen LogP contribution in [-0.2, 0) is 10.8 Å². The van der Waals surface area contributed by atoms with Crippen LogP contribution in [0.3, 0.4) is 0 Å². The van der Waals surface area contributed by atoms with Crippen LogP contribution in [0.25, 0.3) is 186 Å². The lowest BCUT2D eigenvalue weighted by Crippen LogP contribution is -2.10. The molecule has 20 aromatic rings. The fourth-order valence-corrected chi connectivity index (χ4v) is 17.2. The van der Waals surface area contributed by atoms with Gasteiger partial charge in [-0.2, -0.15) is 0 Å². The lowest BCUT2D eigenvalue weighted by molar-refractivity contribution is 0.590. The maximum atomic E-state index is 5.28. The molecule has 0 N–H and O–H groups in total. The van der Waals surface area contributed by atoms with Gasteiger partial charge in [0, 0.05) is 95.9 Å². The van der Waals surface area contributed by atoms with E-state index >= 15 is 0 Å². The molecule has 8 aromatic heterocycles. The first-order valence-corrected chi connectivity index (χ1v) is 38.1. The summed E-state index contributed by atoms with van der Waals surface area (Å²) in [6.07, 6.45) is 1.86. The van der Waals surface area contributed by atoms with Gasteiger partial charge in [-0.3, -0.25) is 9.13 Å². The summed E-state index contributed by atoms with van der Waals surface area (Å²) in [7, 11) is 0. The number of pyridine rings is 2. The standard InChI is InChI=1S/2C48H35N5S/c1-48(2,3)34-24-20-31(21-25-34)46-50-45(30-12-5-4-6-13-30)51-47(52-46)39-16-11-19-44(49-39)53-40-17-9-7-14-35(40)36-26-22-32(28-41(36)53)33-23-27-38-37-15-8-10-18-42(37)54-43(38)29-33;1-48(2,3)35-21-17-31(18-22-35)46-50-45(30-11-5-4-6-12-30)51-47(52-46)34-25-26-49-44(29-34)53-40-15-9-7-13-36(40)37-23-19-32(27-41(37)53)33-20-24-39-38-14-8-10-16-42(38)54-43(39)28-33/h2*4-29H,1-3H3. The largest absolute Gasteiger partial charge is 0.294 e. The fourth-order valence-electron chi connectivity index (χ4n) is 14.9. The Balaban J connectivity index is 0.000000147. The van der Waals surface area contributed by atoms with E-state index < -0.39 is 0 Å². The summed E-state index contributed by atoms with van der Waals surface area (Å²) in [6, 6.07) is 109. The molecule has 0 bridgehead atoms. The van der Waals surface area contributed by atoms with Crippen molar-refractivity contribution < 1.29 is 0 Å². The van der Waals surface area contributed by atoms with Crippen LogP contribution < -0.4 is 0 Å². The molecule has 0 spiro atoms. The van der Waals surface area contributed by atoms with Crippen LogP contribution in [0.2, 0.25) is 0 Å². The van der Waals surface area contributed by atoms with E-state index in [4.69, 9.17) is 39.9 Å². The van der Waals surface area contributed by atoms with E-state index in [0.29, 0.717) is 40.6 Å². The Morgan fingerprint density at radius 2 is 0.583 bits per heavy atom. The smallest absolute Gasteiger partial charge is 0.182 e. The molecule has 0 atom stereocenters. The molecule has 0 fully saturated rings. The summed E-state index contributed by atoms with van der Waals surface area (Å²) >= 11 is 3.69. The van der Waals surface area contributed by atoms with Crippen LogP contribution in [0.15, 0.2) is 316 Å². The summed E-state index contributed by atoms with van der Waals surface area (Å²) in [6.45, 7) is 13.3. The number of aromatic nitrogens is 10. The van der Waals surface area contributed by atoms with Crippen molar-refractivity contribution in [3.8, 4) is 102 Å². The minimum Gasteiger partial charge on any atom is -0.294 e. The first kappa shape index (κ1) is 65.7. The summed E-state index contributed by atoms with van der Waals surface area (Å²) in [5.41, 5.74) is 17.0. The van der Waals surface area contributed by atoms with Gasteiger partial charge in [0.15, 0.2) is 34.9 Å². The zero-order chi connectivity index (χ0) is 72.8. The van der Waals surface area contributed by atoms with Crippen molar-refractivity contribution in [3.05, 3.63) is 327 Å². The molecule has 10 nitrogen and oxygen atoms in total. The van der Waals surface area contributed by atoms with E-state index in [0.717, 1.165) is 72.6 Å². The summed E-state index contributed by atoms with van der Waals surface area (Å²) < 4.78 is 9.74. The maximum Gasteiger partial charge on any atom is 0.182 e. The van der Waals surface area contributed by atoms with Crippen LogP contribution in [0.5, 0.6) is 0 Å². The van der Waals surface area contributed by atoms with Gasteiger partial charge in [-0.05, 0) is 117 Å². The number of hydrogen-bond acceptors (Lipinski definition) is 10. The third-order valence-electron chi connectivity index (χ3n) is 20.6. The molecule has 108 heavy (non-hydrogen) atoms. The minimum atomic E-state index is 0.0444. The van der Waals surface area contributed by atoms with Gasteiger partial charge in [0.25, 0.3) is 0 Å². The molecule has 0 saturated heterocycles. The van der Waals surface area contributed by atoms with Crippen molar-refractivity contribution in [2.75, 3.05) is 0 Å². The quantitative estimate of drug-likeness (QED) is 0.133. The number of fused-ring (bicyclic) bond motifs is 12. The van der Waals surface area contributed by atoms with E-state index in [1.165, 1.54) is 84.1 Å². The fraction of sp³-hybridized carbons (Fsp3) is 0.0833. The van der Waals surface area contributed by atoms with Gasteiger partial charge < -0.3 is 0 Å². The van der Waals surface area contributed by atoms with Crippen molar-refractivity contribution in [2.24, 2.45) is 0 Å². The molecule has 0 aliphatic rings. The Bertz CT molecular complexity index is 6460. The predicted octanol–water partition coefficient (Wildman–Crippen LogP) is 25.4. The first-order valence-electron chi connectivity index (χ1n) is 36.4. The van der Waals surface area contributed by atoms with E-state index in [9.17, 15) is 0 Å². The monoisotopic (exact) mass is 1430 g/mol. The second-order valence-electron chi connectivity index (χ2n) is 29.6. The highest BCUT2D eigenvalue weighted by Gasteiger charge is 2.23. The molecule has 0 aliphatic carbocycles. The van der Waals surface area contributed by atoms with E-state index in [2.05, 4.69) is 281 Å². The van der Waals surface area contributed by atoms with Crippen LogP contribution in [-0.4, -0.2) is 49.0 Å². The van der Waals surface area contributed by atoms with Crippen LogP contribution in [0, 0.1) is 0 Å². The Labute approximate surface area is 632 Å². The highest BCUT2D eigenvalue weighted by Crippen LogP contribution is 2.43. The van der Waals surface area contributed by atoms with Crippen molar-refractivity contribution in [1.82, 2.24) is 49.0 Å². The predicted molar refractivity (Wildman–Crippen MR) is 451 cm³/mol. The molecule has 0 radical (unpaired) electrons. The number of rotatable bonds is 10. The molecular weight excluding hydrogens is 1360 g/mol. The normalized spacial score (nSPS) is 12.0. The van der Waals surface area contributed by atoms with Gasteiger partial charge in [-0.1, -0.05) is 278 Å². The summed E-state index contributed by atoms with van der Waals surface area (Å²) in [5.74, 6) is 5.21. The highest BCUT2D eigenvalue weighted by molar-refractivity contribution is 7.26. The molecule has 0 unspecified atom stereocenters. The van der Waals surface area contributed by atoms with Gasteiger partial charge in [0.05, 0.1) is 22.1 Å². The number of para-hydroxylation sites is 2. The summed E-state index contributed by atoms with van der Waals surface area (Å²) in [5, 5.41) is 9.94. The first-order chi connectivity index (χ1) is 52.7. The Hall–Kier alpha value is -13.0. The van der Waals surface area contributed by atoms with Gasteiger partial charge in [0.2, 0.25) is 0 Å². The number of thiophene rings is 2. The maximum absolute atomic E-state index is 5.28. The lowest BCUT2D eigenvalue weighted by Gasteiger charge is -2.19. The van der Waals surface area contributed by atoms with Crippen molar-refractivity contribution in [2.45, 2.75) is 52.4 Å². The van der Waals surface area contributed by atoms with E-state index in [-0.39, 0.29) is 10.8 Å². The topological polar surface area (TPSA) is 113 Å². The number of benzene rings is 12. The average Bonchev–Trinajstić information content (AvgIpc) is 1.59. The molecule has 0 saturated carbocycles. The highest BCUT2D eigenvalue weighted by atomic mass is 32.1. The van der Waals surface area contributed by atoms with Crippen LogP contribution in [0.1, 0.15) is 52.7 Å². The number of nitrogens with zero attached hydrogens (tertiary/aromatic N) is 10. The third kappa shape index (κ3) is 12.1.